The predicted octanol–water partition coefficient (Wildman–Crippen LogP) is 2.01. The number of aliphatic hydroxyl groups is 1. The molecule has 1 unspecified atom stereocenters. The molecule has 1 aromatic heterocycles. The summed E-state index contributed by atoms with van der Waals surface area (Å²) < 4.78 is 0. The molecule has 0 fully saturated rings. The number of aromatic nitrogens is 1. The molecule has 0 spiro atoms. The number of benzene rings is 1. The van der Waals surface area contributed by atoms with Gasteiger partial charge in [-0.2, -0.15) is 0 Å². The Morgan fingerprint density at radius 1 is 1.25 bits per heavy atom. The highest BCUT2D eigenvalue weighted by atomic mass is 16.3. The van der Waals surface area contributed by atoms with Crippen LogP contribution in [0, 0.1) is 0 Å². The molecule has 1 aromatic carbocycles. The minimum Gasteiger partial charge on any atom is -0.386 e. The van der Waals surface area contributed by atoms with E-state index in [9.17, 15) is 5.11 Å². The summed E-state index contributed by atoms with van der Waals surface area (Å²) in [6, 6.07) is 9.56. The highest BCUT2D eigenvalue weighted by molar-refractivity contribution is 5.82. The molecule has 1 atom stereocenters. The van der Waals surface area contributed by atoms with Crippen LogP contribution in [0.15, 0.2) is 36.5 Å². The van der Waals surface area contributed by atoms with Gasteiger partial charge in [-0.05, 0) is 31.5 Å². The van der Waals surface area contributed by atoms with Gasteiger partial charge in [0, 0.05) is 17.1 Å². The number of para-hydroxylation sites is 1. The molecule has 3 N–H and O–H groups in total. The lowest BCUT2D eigenvalue weighted by Gasteiger charge is -2.26. The molecule has 0 aliphatic carbocycles. The molecule has 3 heteroatoms. The molecule has 2 aromatic rings. The van der Waals surface area contributed by atoms with E-state index in [1.165, 1.54) is 0 Å². The standard InChI is InChI=1S/C13H16N2O/c1-13(2,14)12(16)10-7-8-15-11-6-4-3-5-9(10)11/h3-8,12,16H,14H2,1-2H3. The molecule has 0 radical (unpaired) electrons. The zero-order valence-corrected chi connectivity index (χ0v) is 9.51. The van der Waals surface area contributed by atoms with E-state index < -0.39 is 11.6 Å². The summed E-state index contributed by atoms with van der Waals surface area (Å²) >= 11 is 0. The predicted molar refractivity (Wildman–Crippen MR) is 65.0 cm³/mol. The lowest BCUT2D eigenvalue weighted by Crippen LogP contribution is -2.39. The third-order valence-electron chi connectivity index (χ3n) is 2.68. The fraction of sp³-hybridized carbons (Fsp3) is 0.308. The van der Waals surface area contributed by atoms with E-state index in [1.54, 1.807) is 6.20 Å². The van der Waals surface area contributed by atoms with Crippen molar-refractivity contribution in [2.75, 3.05) is 0 Å². The van der Waals surface area contributed by atoms with Gasteiger partial charge >= 0.3 is 0 Å². The van der Waals surface area contributed by atoms with Crippen molar-refractivity contribution in [3.63, 3.8) is 0 Å². The van der Waals surface area contributed by atoms with Gasteiger partial charge in [-0.15, -0.1) is 0 Å². The second-order valence-corrected chi connectivity index (χ2v) is 4.64. The molecule has 0 amide bonds. The number of rotatable bonds is 2. The summed E-state index contributed by atoms with van der Waals surface area (Å²) in [6.07, 6.45) is 1.01. The van der Waals surface area contributed by atoms with Crippen LogP contribution in [-0.4, -0.2) is 15.6 Å². The third-order valence-corrected chi connectivity index (χ3v) is 2.68. The van der Waals surface area contributed by atoms with Crippen molar-refractivity contribution in [1.82, 2.24) is 4.98 Å². The number of hydrogen-bond acceptors (Lipinski definition) is 3. The quantitative estimate of drug-likeness (QED) is 0.807. The molecule has 2 rings (SSSR count). The van der Waals surface area contributed by atoms with Gasteiger partial charge in [0.2, 0.25) is 0 Å². The smallest absolute Gasteiger partial charge is 0.0971 e. The van der Waals surface area contributed by atoms with Gasteiger partial charge in [0.25, 0.3) is 0 Å². The Balaban J connectivity index is 2.61. The number of aliphatic hydroxyl groups excluding tert-OH is 1. The second-order valence-electron chi connectivity index (χ2n) is 4.64. The lowest BCUT2D eigenvalue weighted by molar-refractivity contribution is 0.106. The van der Waals surface area contributed by atoms with Crippen LogP contribution in [0.1, 0.15) is 25.5 Å². The van der Waals surface area contributed by atoms with Gasteiger partial charge in [0.15, 0.2) is 0 Å². The van der Waals surface area contributed by atoms with Crippen LogP contribution in [0.3, 0.4) is 0 Å². The van der Waals surface area contributed by atoms with Gasteiger partial charge in [-0.25, -0.2) is 0 Å². The minimum atomic E-state index is -0.694. The van der Waals surface area contributed by atoms with Gasteiger partial charge < -0.3 is 10.8 Å². The second kappa shape index (κ2) is 3.85. The van der Waals surface area contributed by atoms with E-state index in [2.05, 4.69) is 4.98 Å². The Morgan fingerprint density at radius 2 is 1.94 bits per heavy atom. The summed E-state index contributed by atoms with van der Waals surface area (Å²) in [6.45, 7) is 3.62. The fourth-order valence-corrected chi connectivity index (χ4v) is 1.76. The van der Waals surface area contributed by atoms with Crippen LogP contribution in [-0.2, 0) is 0 Å². The maximum atomic E-state index is 10.2. The largest absolute Gasteiger partial charge is 0.386 e. The summed E-state index contributed by atoms with van der Waals surface area (Å²) in [4.78, 5) is 4.25. The number of pyridine rings is 1. The Hall–Kier alpha value is -1.45. The van der Waals surface area contributed by atoms with Crippen LogP contribution >= 0.6 is 0 Å². The molecule has 16 heavy (non-hydrogen) atoms. The van der Waals surface area contributed by atoms with Crippen molar-refractivity contribution in [2.45, 2.75) is 25.5 Å². The molecule has 0 aliphatic rings. The fourth-order valence-electron chi connectivity index (χ4n) is 1.76. The highest BCUT2D eigenvalue weighted by Gasteiger charge is 2.25. The van der Waals surface area contributed by atoms with Gasteiger partial charge in [0.1, 0.15) is 0 Å². The Kier molecular flexibility index (Phi) is 2.66. The van der Waals surface area contributed by atoms with Crippen molar-refractivity contribution >= 4 is 10.9 Å². The van der Waals surface area contributed by atoms with Crippen LogP contribution in [0.2, 0.25) is 0 Å². The van der Waals surface area contributed by atoms with Crippen LogP contribution in [0.4, 0.5) is 0 Å². The van der Waals surface area contributed by atoms with Gasteiger partial charge in [-0.1, -0.05) is 18.2 Å². The molecule has 0 aliphatic heterocycles. The van der Waals surface area contributed by atoms with Crippen LogP contribution < -0.4 is 5.73 Å². The summed E-state index contributed by atoms with van der Waals surface area (Å²) in [5.41, 5.74) is 6.98. The monoisotopic (exact) mass is 216 g/mol. The Labute approximate surface area is 94.9 Å². The number of hydrogen-bond donors (Lipinski definition) is 2. The molecule has 1 heterocycles. The first-order valence-corrected chi connectivity index (χ1v) is 5.31. The molecule has 0 saturated carbocycles. The zero-order chi connectivity index (χ0) is 11.8. The molecule has 84 valence electrons. The van der Waals surface area contributed by atoms with Crippen molar-refractivity contribution in [1.29, 1.82) is 0 Å². The first kappa shape index (κ1) is 11.0. The maximum absolute atomic E-state index is 10.2. The molecular formula is C13H16N2O. The third kappa shape index (κ3) is 1.92. The SMILES string of the molecule is CC(C)(N)C(O)c1ccnc2ccccc12. The highest BCUT2D eigenvalue weighted by Crippen LogP contribution is 2.28. The summed E-state index contributed by atoms with van der Waals surface area (Å²) in [5, 5.41) is 11.2. The number of nitrogens with zero attached hydrogens (tertiary/aromatic N) is 1. The van der Waals surface area contributed by atoms with E-state index in [-0.39, 0.29) is 0 Å². The van der Waals surface area contributed by atoms with Crippen molar-refractivity contribution in [3.8, 4) is 0 Å². The molecule has 0 saturated heterocycles. The van der Waals surface area contributed by atoms with E-state index in [0.717, 1.165) is 16.5 Å². The van der Waals surface area contributed by atoms with E-state index >= 15 is 0 Å². The Bertz CT molecular complexity index is 497. The normalized spacial score (nSPS) is 14.0. The topological polar surface area (TPSA) is 59.1 Å². The minimum absolute atomic E-state index is 0.663. The average Bonchev–Trinajstić information content (AvgIpc) is 2.26. The van der Waals surface area contributed by atoms with E-state index in [1.807, 2.05) is 44.2 Å². The molecule has 3 nitrogen and oxygen atoms in total. The summed E-state index contributed by atoms with van der Waals surface area (Å²) in [7, 11) is 0. The lowest BCUT2D eigenvalue weighted by atomic mass is 9.90. The van der Waals surface area contributed by atoms with Crippen molar-refractivity contribution in [3.05, 3.63) is 42.1 Å². The number of nitrogens with two attached hydrogens (primary N) is 1. The van der Waals surface area contributed by atoms with Crippen molar-refractivity contribution in [2.24, 2.45) is 5.73 Å². The van der Waals surface area contributed by atoms with Crippen LogP contribution in [0.5, 0.6) is 0 Å². The first-order chi connectivity index (χ1) is 7.50. The zero-order valence-electron chi connectivity index (χ0n) is 9.51. The van der Waals surface area contributed by atoms with Gasteiger partial charge in [0.05, 0.1) is 11.6 Å². The van der Waals surface area contributed by atoms with Crippen LogP contribution in [0.25, 0.3) is 10.9 Å². The van der Waals surface area contributed by atoms with E-state index in [4.69, 9.17) is 5.73 Å². The molecular weight excluding hydrogens is 200 g/mol. The van der Waals surface area contributed by atoms with E-state index in [0.29, 0.717) is 0 Å². The molecule has 0 bridgehead atoms. The Morgan fingerprint density at radius 3 is 2.62 bits per heavy atom. The number of fused-ring (bicyclic) bond motifs is 1. The van der Waals surface area contributed by atoms with Crippen molar-refractivity contribution < 1.29 is 5.11 Å². The first-order valence-electron chi connectivity index (χ1n) is 5.31. The van der Waals surface area contributed by atoms with Gasteiger partial charge in [-0.3, -0.25) is 4.98 Å². The summed E-state index contributed by atoms with van der Waals surface area (Å²) in [5.74, 6) is 0. The maximum Gasteiger partial charge on any atom is 0.0971 e. The average molecular weight is 216 g/mol.